The Kier molecular flexibility index (Phi) is 8.27. The summed E-state index contributed by atoms with van der Waals surface area (Å²) in [7, 11) is 1.61. The second-order valence-electron chi connectivity index (χ2n) is 6.97. The zero-order valence-corrected chi connectivity index (χ0v) is 17.2. The minimum Gasteiger partial charge on any atom is -0.497 e. The standard InChI is InChI=1S/C22H27FN2O2.ClH/c1-3-24-15-16-10-12-25(13-11-16)22(26)20-9-6-18(14-21(20)23)17-4-7-19(27-2)8-5-17;/h4-9,14,16,24H,3,10-13,15H2,1-2H3;1H. The van der Waals surface area contributed by atoms with Gasteiger partial charge in [-0.2, -0.15) is 0 Å². The maximum absolute atomic E-state index is 14.6. The Labute approximate surface area is 172 Å². The number of ether oxygens (including phenoxy) is 1. The Balaban J connectivity index is 0.00000280. The van der Waals surface area contributed by atoms with Gasteiger partial charge in [0.15, 0.2) is 0 Å². The Morgan fingerprint density at radius 1 is 1.14 bits per heavy atom. The smallest absolute Gasteiger partial charge is 0.256 e. The van der Waals surface area contributed by atoms with Gasteiger partial charge in [-0.1, -0.05) is 25.1 Å². The predicted octanol–water partition coefficient (Wildman–Crippen LogP) is 4.38. The van der Waals surface area contributed by atoms with Crippen LogP contribution in [0.1, 0.15) is 30.1 Å². The van der Waals surface area contributed by atoms with E-state index in [1.165, 1.54) is 6.07 Å². The number of amides is 1. The van der Waals surface area contributed by atoms with Gasteiger partial charge >= 0.3 is 0 Å². The first-order valence-electron chi connectivity index (χ1n) is 9.56. The molecule has 0 atom stereocenters. The van der Waals surface area contributed by atoms with E-state index in [4.69, 9.17) is 4.74 Å². The molecule has 3 rings (SSSR count). The Morgan fingerprint density at radius 2 is 1.79 bits per heavy atom. The number of methoxy groups -OCH3 is 1. The molecule has 0 bridgehead atoms. The lowest BCUT2D eigenvalue weighted by atomic mass is 9.96. The van der Waals surface area contributed by atoms with Crippen molar-refractivity contribution >= 4 is 18.3 Å². The van der Waals surface area contributed by atoms with Gasteiger partial charge in [0.05, 0.1) is 12.7 Å². The number of carbonyl (C=O) groups is 1. The zero-order chi connectivity index (χ0) is 19.2. The van der Waals surface area contributed by atoms with Crippen molar-refractivity contribution in [1.82, 2.24) is 10.2 Å². The van der Waals surface area contributed by atoms with E-state index in [0.29, 0.717) is 19.0 Å². The van der Waals surface area contributed by atoms with Crippen LogP contribution in [0, 0.1) is 11.7 Å². The molecular formula is C22H28ClFN2O2. The molecule has 1 heterocycles. The molecular weight excluding hydrogens is 379 g/mol. The number of hydrogen-bond donors (Lipinski definition) is 1. The Bertz CT molecular complexity index is 775. The highest BCUT2D eigenvalue weighted by atomic mass is 35.5. The van der Waals surface area contributed by atoms with Crippen LogP contribution in [-0.4, -0.2) is 44.1 Å². The van der Waals surface area contributed by atoms with E-state index in [0.717, 1.165) is 42.8 Å². The molecule has 1 saturated heterocycles. The lowest BCUT2D eigenvalue weighted by Crippen LogP contribution is -2.41. The van der Waals surface area contributed by atoms with Crippen molar-refractivity contribution < 1.29 is 13.9 Å². The summed E-state index contributed by atoms with van der Waals surface area (Å²) in [5.41, 5.74) is 1.78. The quantitative estimate of drug-likeness (QED) is 0.773. The number of likely N-dealkylation sites (tertiary alicyclic amines) is 1. The van der Waals surface area contributed by atoms with E-state index >= 15 is 0 Å². The van der Waals surface area contributed by atoms with E-state index in [2.05, 4.69) is 12.2 Å². The molecule has 0 radical (unpaired) electrons. The summed E-state index contributed by atoms with van der Waals surface area (Å²) in [6, 6.07) is 12.3. The van der Waals surface area contributed by atoms with Gasteiger partial charge in [-0.25, -0.2) is 4.39 Å². The van der Waals surface area contributed by atoms with Crippen LogP contribution >= 0.6 is 12.4 Å². The molecule has 0 saturated carbocycles. The SMILES string of the molecule is CCNCC1CCN(C(=O)c2ccc(-c3ccc(OC)cc3)cc2F)CC1.Cl. The minimum absolute atomic E-state index is 0. The number of hydrogen-bond acceptors (Lipinski definition) is 3. The molecule has 1 amide bonds. The topological polar surface area (TPSA) is 41.6 Å². The highest BCUT2D eigenvalue weighted by Gasteiger charge is 2.25. The molecule has 0 unspecified atom stereocenters. The zero-order valence-electron chi connectivity index (χ0n) is 16.4. The minimum atomic E-state index is -0.469. The molecule has 0 aromatic heterocycles. The van der Waals surface area contributed by atoms with Crippen LogP contribution in [0.3, 0.4) is 0 Å². The molecule has 6 heteroatoms. The number of rotatable bonds is 6. The van der Waals surface area contributed by atoms with Crippen molar-refractivity contribution in [3.63, 3.8) is 0 Å². The van der Waals surface area contributed by atoms with Gasteiger partial charge in [-0.15, -0.1) is 12.4 Å². The van der Waals surface area contributed by atoms with Crippen molar-refractivity contribution in [2.24, 2.45) is 5.92 Å². The third-order valence-corrected chi connectivity index (χ3v) is 5.21. The maximum atomic E-state index is 14.6. The third-order valence-electron chi connectivity index (χ3n) is 5.21. The summed E-state index contributed by atoms with van der Waals surface area (Å²) in [5.74, 6) is 0.665. The van der Waals surface area contributed by atoms with Crippen molar-refractivity contribution in [3.05, 3.63) is 53.8 Å². The number of nitrogens with zero attached hydrogens (tertiary/aromatic N) is 1. The van der Waals surface area contributed by atoms with Crippen LogP contribution < -0.4 is 10.1 Å². The largest absolute Gasteiger partial charge is 0.497 e. The normalized spacial score (nSPS) is 14.5. The first-order chi connectivity index (χ1) is 13.1. The fourth-order valence-corrected chi connectivity index (χ4v) is 3.51. The predicted molar refractivity (Wildman–Crippen MR) is 113 cm³/mol. The summed E-state index contributed by atoms with van der Waals surface area (Å²) in [6.45, 7) is 5.43. The highest BCUT2D eigenvalue weighted by molar-refractivity contribution is 5.95. The van der Waals surface area contributed by atoms with Crippen molar-refractivity contribution in [3.8, 4) is 16.9 Å². The lowest BCUT2D eigenvalue weighted by Gasteiger charge is -2.32. The highest BCUT2D eigenvalue weighted by Crippen LogP contribution is 2.26. The van der Waals surface area contributed by atoms with Crippen LogP contribution in [0.25, 0.3) is 11.1 Å². The number of nitrogens with one attached hydrogen (secondary N) is 1. The van der Waals surface area contributed by atoms with Gasteiger partial charge < -0.3 is 15.0 Å². The molecule has 1 aliphatic rings. The molecule has 1 N–H and O–H groups in total. The molecule has 2 aromatic carbocycles. The molecule has 1 aliphatic heterocycles. The summed E-state index contributed by atoms with van der Waals surface area (Å²) >= 11 is 0. The van der Waals surface area contributed by atoms with Crippen LogP contribution in [0.15, 0.2) is 42.5 Å². The van der Waals surface area contributed by atoms with Crippen molar-refractivity contribution in [2.75, 3.05) is 33.3 Å². The first-order valence-corrected chi connectivity index (χ1v) is 9.56. The van der Waals surface area contributed by atoms with E-state index in [-0.39, 0.29) is 23.9 Å². The fourth-order valence-electron chi connectivity index (χ4n) is 3.51. The van der Waals surface area contributed by atoms with Gasteiger partial charge in [0.25, 0.3) is 5.91 Å². The lowest BCUT2D eigenvalue weighted by molar-refractivity contribution is 0.0685. The molecule has 1 fully saturated rings. The van der Waals surface area contributed by atoms with Crippen LogP contribution in [0.5, 0.6) is 5.75 Å². The number of piperidine rings is 1. The van der Waals surface area contributed by atoms with E-state index in [9.17, 15) is 9.18 Å². The Morgan fingerprint density at radius 3 is 2.36 bits per heavy atom. The second-order valence-corrected chi connectivity index (χ2v) is 6.97. The van der Waals surface area contributed by atoms with Crippen LogP contribution in [-0.2, 0) is 0 Å². The first kappa shape index (κ1) is 22.2. The van der Waals surface area contributed by atoms with Gasteiger partial charge in [0, 0.05) is 13.1 Å². The molecule has 0 aliphatic carbocycles. The third kappa shape index (κ3) is 5.24. The number of halogens is 2. The van der Waals surface area contributed by atoms with Crippen LogP contribution in [0.2, 0.25) is 0 Å². The van der Waals surface area contributed by atoms with Crippen molar-refractivity contribution in [2.45, 2.75) is 19.8 Å². The monoisotopic (exact) mass is 406 g/mol. The maximum Gasteiger partial charge on any atom is 0.256 e. The van der Waals surface area contributed by atoms with Gasteiger partial charge in [-0.3, -0.25) is 4.79 Å². The average Bonchev–Trinajstić information content (AvgIpc) is 2.72. The summed E-state index contributed by atoms with van der Waals surface area (Å²) < 4.78 is 19.8. The van der Waals surface area contributed by atoms with Gasteiger partial charge in [0.2, 0.25) is 0 Å². The van der Waals surface area contributed by atoms with Gasteiger partial charge in [-0.05, 0) is 67.2 Å². The van der Waals surface area contributed by atoms with E-state index in [1.54, 1.807) is 24.1 Å². The fraction of sp³-hybridized carbons (Fsp3) is 0.409. The van der Waals surface area contributed by atoms with E-state index < -0.39 is 5.82 Å². The number of carbonyl (C=O) groups excluding carboxylic acids is 1. The average molecular weight is 407 g/mol. The van der Waals surface area contributed by atoms with E-state index in [1.807, 2.05) is 24.3 Å². The molecule has 152 valence electrons. The summed E-state index contributed by atoms with van der Waals surface area (Å²) in [5, 5.41) is 3.36. The molecule has 4 nitrogen and oxygen atoms in total. The summed E-state index contributed by atoms with van der Waals surface area (Å²) in [4.78, 5) is 14.5. The summed E-state index contributed by atoms with van der Waals surface area (Å²) in [6.07, 6.45) is 1.93. The molecule has 0 spiro atoms. The Hall–Kier alpha value is -2.11. The van der Waals surface area contributed by atoms with Crippen molar-refractivity contribution in [1.29, 1.82) is 0 Å². The molecule has 2 aromatic rings. The molecule has 28 heavy (non-hydrogen) atoms. The van der Waals surface area contributed by atoms with Crippen LogP contribution in [0.4, 0.5) is 4.39 Å². The second kappa shape index (κ2) is 10.4. The van der Waals surface area contributed by atoms with Gasteiger partial charge in [0.1, 0.15) is 11.6 Å². The number of benzene rings is 2.